The smallest absolute Gasteiger partial charge is 0.548 e. The second kappa shape index (κ2) is 20.9. The minimum absolute atomic E-state index is 0. The van der Waals surface area contributed by atoms with Crippen LogP contribution in [0.15, 0.2) is 0 Å². The van der Waals surface area contributed by atoms with E-state index in [0.29, 0.717) is 0 Å². The number of nitrogens with two attached hydrogens (primary N) is 6. The predicted octanol–water partition coefficient (Wildman–Crippen LogP) is -12.2. The quantitative estimate of drug-likeness (QED) is 0.168. The molecule has 0 aromatic heterocycles. The largest absolute Gasteiger partial charge is 2.00 e. The van der Waals surface area contributed by atoms with E-state index in [0.717, 1.165) is 0 Å². The van der Waals surface area contributed by atoms with Crippen LogP contribution in [-0.4, -0.2) is 53.8 Å². The molecule has 0 spiro atoms. The van der Waals surface area contributed by atoms with Crippen LogP contribution in [0.2, 0.25) is 0 Å². The fraction of sp³-hybridized carbons (Fsp3) is 0.500. The van der Waals surface area contributed by atoms with Crippen LogP contribution >= 0.6 is 0 Å². The van der Waals surface area contributed by atoms with Crippen molar-refractivity contribution in [2.45, 2.75) is 37.4 Å². The number of carbonyl (C=O) groups is 6. The van der Waals surface area contributed by atoms with E-state index in [2.05, 4.69) is 17.2 Å². The molecular weight excluding hydrogens is 459 g/mol. The van der Waals surface area contributed by atoms with Gasteiger partial charge >= 0.3 is 46.6 Å². The van der Waals surface area contributed by atoms with Crippen molar-refractivity contribution >= 4 is 35.6 Å². The molecule has 0 saturated carbocycles. The summed E-state index contributed by atoms with van der Waals surface area (Å²) >= 11 is 0. The van der Waals surface area contributed by atoms with Gasteiger partial charge in [-0.2, -0.15) is 0 Å². The SMILES string of the molecule is NC(=O)C[C@H](N)C(=O)[O-].NC(=O)C[C@H](N)C(=O)[O-].NC(=O)C[C@H](N)C(=O)[O-].[Cu+2].[Na+]. The second-order valence-corrected chi connectivity index (χ2v) is 4.79. The first-order valence-corrected chi connectivity index (χ1v) is 6.85. The van der Waals surface area contributed by atoms with E-state index >= 15 is 0 Å². The van der Waals surface area contributed by atoms with Gasteiger partial charge in [0.05, 0.1) is 36.0 Å². The topological polar surface area (TPSA) is 328 Å². The standard InChI is InChI=1S/3C4H8N2O3.Cu.Na/c3*5-2(4(8)9)1-3(6)7;;/h3*2H,1,5H2,(H2,6,7)(H,8,9);;/q;;;+2;+1/p-3/t3*2-;;/m000../s1. The Morgan fingerprint density at radius 2 is 0.690 bits per heavy atom. The number of carboxylic acid groups (broad SMARTS) is 3. The molecule has 0 unspecified atom stereocenters. The monoisotopic (exact) mass is 479 g/mol. The third kappa shape index (κ3) is 31.2. The third-order valence-electron chi connectivity index (χ3n) is 2.17. The Hall–Kier alpha value is -1.78. The van der Waals surface area contributed by atoms with Crippen LogP contribution < -0.4 is 79.3 Å². The maximum Gasteiger partial charge on any atom is 2.00 e. The number of amides is 3. The molecule has 0 aliphatic carbocycles. The van der Waals surface area contributed by atoms with Crippen molar-refractivity contribution in [3.63, 3.8) is 0 Å². The molecule has 12 N–H and O–H groups in total. The molecule has 0 bridgehead atoms. The van der Waals surface area contributed by atoms with E-state index < -0.39 is 53.8 Å². The van der Waals surface area contributed by atoms with Crippen LogP contribution in [0.5, 0.6) is 0 Å². The van der Waals surface area contributed by atoms with Gasteiger partial charge in [0.1, 0.15) is 0 Å². The van der Waals surface area contributed by atoms with Crippen LogP contribution in [-0.2, 0) is 45.8 Å². The van der Waals surface area contributed by atoms with Crippen LogP contribution in [0.1, 0.15) is 19.3 Å². The molecule has 0 aliphatic rings. The Morgan fingerprint density at radius 3 is 0.724 bits per heavy atom. The maximum absolute atomic E-state index is 9.97. The molecule has 0 fully saturated rings. The first-order chi connectivity index (χ1) is 12.1. The Labute approximate surface area is 197 Å². The van der Waals surface area contributed by atoms with E-state index in [1.165, 1.54) is 0 Å². The zero-order valence-electron chi connectivity index (χ0n) is 15.3. The predicted molar refractivity (Wildman–Crippen MR) is 80.4 cm³/mol. The fourth-order valence-electron chi connectivity index (χ4n) is 0.900. The van der Waals surface area contributed by atoms with Crippen molar-refractivity contribution in [1.82, 2.24) is 0 Å². The van der Waals surface area contributed by atoms with Crippen LogP contribution in [0.3, 0.4) is 0 Å². The Kier molecular flexibility index (Phi) is 27.4. The molecular formula is C12H21CuN6NaO9. The minimum atomic E-state index is -1.46. The summed E-state index contributed by atoms with van der Waals surface area (Å²) in [7, 11) is 0. The van der Waals surface area contributed by atoms with E-state index in [4.69, 9.17) is 17.2 Å². The van der Waals surface area contributed by atoms with Crippen LogP contribution in [0.25, 0.3) is 0 Å². The Bertz CT molecular complexity index is 490. The number of hydrogen-bond donors (Lipinski definition) is 6. The van der Waals surface area contributed by atoms with Gasteiger partial charge in [-0.1, -0.05) is 0 Å². The number of carbonyl (C=O) groups excluding carboxylic acids is 6. The summed E-state index contributed by atoms with van der Waals surface area (Å²) in [5.41, 5.74) is 28.4. The number of aliphatic carboxylic acids is 3. The molecule has 0 aromatic rings. The van der Waals surface area contributed by atoms with Gasteiger partial charge in [-0.05, 0) is 0 Å². The summed E-state index contributed by atoms with van der Waals surface area (Å²) in [6.45, 7) is 0. The number of carboxylic acids is 3. The summed E-state index contributed by atoms with van der Waals surface area (Å²) < 4.78 is 0. The average molecular weight is 480 g/mol. The minimum Gasteiger partial charge on any atom is -0.548 e. The van der Waals surface area contributed by atoms with Gasteiger partial charge in [0.25, 0.3) is 0 Å². The van der Waals surface area contributed by atoms with E-state index in [1.54, 1.807) is 0 Å². The van der Waals surface area contributed by atoms with Crippen molar-refractivity contribution in [3.05, 3.63) is 0 Å². The summed E-state index contributed by atoms with van der Waals surface area (Å²) in [5.74, 6) is -6.62. The van der Waals surface area contributed by atoms with Crippen molar-refractivity contribution in [2.24, 2.45) is 34.4 Å². The molecule has 0 aromatic carbocycles. The van der Waals surface area contributed by atoms with E-state index in [1.807, 2.05) is 0 Å². The van der Waals surface area contributed by atoms with Gasteiger partial charge in [-0.25, -0.2) is 0 Å². The van der Waals surface area contributed by atoms with Crippen molar-refractivity contribution < 1.29 is 90.7 Å². The average Bonchev–Trinajstić information content (AvgIpc) is 2.46. The molecule has 0 rings (SSSR count). The molecule has 0 aliphatic heterocycles. The third-order valence-corrected chi connectivity index (χ3v) is 2.17. The van der Waals surface area contributed by atoms with Gasteiger partial charge in [0.2, 0.25) is 17.7 Å². The first-order valence-electron chi connectivity index (χ1n) is 6.85. The molecule has 1 radical (unpaired) electrons. The molecule has 29 heavy (non-hydrogen) atoms. The molecule has 0 heterocycles. The Balaban J connectivity index is -0.0000000960. The van der Waals surface area contributed by atoms with Crippen molar-refractivity contribution in [3.8, 4) is 0 Å². The normalized spacial score (nSPS) is 11.7. The van der Waals surface area contributed by atoms with Crippen LogP contribution in [0.4, 0.5) is 0 Å². The molecule has 17 heteroatoms. The summed E-state index contributed by atoms with van der Waals surface area (Å²) in [5, 5.41) is 29.4. The zero-order chi connectivity index (χ0) is 22.3. The summed E-state index contributed by atoms with van der Waals surface area (Å²) in [4.78, 5) is 59.3. The molecule has 15 nitrogen and oxygen atoms in total. The van der Waals surface area contributed by atoms with Gasteiger partial charge in [0, 0.05) is 19.3 Å². The molecule has 165 valence electrons. The maximum atomic E-state index is 9.97. The van der Waals surface area contributed by atoms with Crippen LogP contribution in [0, 0.1) is 0 Å². The van der Waals surface area contributed by atoms with E-state index in [-0.39, 0.29) is 65.9 Å². The van der Waals surface area contributed by atoms with Gasteiger partial charge < -0.3 is 64.1 Å². The van der Waals surface area contributed by atoms with Crippen molar-refractivity contribution in [1.29, 1.82) is 0 Å². The van der Waals surface area contributed by atoms with Gasteiger partial charge in [0.15, 0.2) is 0 Å². The summed E-state index contributed by atoms with van der Waals surface area (Å²) in [6.07, 6.45) is -1.12. The molecule has 3 atom stereocenters. The first kappa shape index (κ1) is 37.9. The number of hydrogen-bond acceptors (Lipinski definition) is 12. The zero-order valence-corrected chi connectivity index (χ0v) is 18.2. The second-order valence-electron chi connectivity index (χ2n) is 4.79. The number of rotatable bonds is 9. The summed E-state index contributed by atoms with van der Waals surface area (Å²) in [6, 6.07) is -3.83. The Morgan fingerprint density at radius 1 is 0.552 bits per heavy atom. The molecule has 0 saturated heterocycles. The molecule has 3 amide bonds. The number of primary amides is 3. The fourth-order valence-corrected chi connectivity index (χ4v) is 0.900. The van der Waals surface area contributed by atoms with E-state index in [9.17, 15) is 44.1 Å². The van der Waals surface area contributed by atoms with Gasteiger partial charge in [-0.15, -0.1) is 0 Å². The van der Waals surface area contributed by atoms with Gasteiger partial charge in [-0.3, -0.25) is 14.4 Å². The van der Waals surface area contributed by atoms with Crippen molar-refractivity contribution in [2.75, 3.05) is 0 Å².